The molecule has 1 saturated heterocycles. The highest BCUT2D eigenvalue weighted by molar-refractivity contribution is 5.92. The molecule has 34 heavy (non-hydrogen) atoms. The molecule has 2 aromatic carbocycles. The van der Waals surface area contributed by atoms with Gasteiger partial charge < -0.3 is 20.3 Å². The fourth-order valence-corrected chi connectivity index (χ4v) is 5.69. The number of rotatable bonds is 7. The Labute approximate surface area is 201 Å². The largest absolute Gasteiger partial charge is 0.508 e. The number of piperidine rings is 1. The zero-order valence-electron chi connectivity index (χ0n) is 19.7. The number of likely N-dealkylation sites (tertiary alicyclic amines) is 1. The minimum absolute atomic E-state index is 0.0731. The number of phenols is 1. The first kappa shape index (κ1) is 24.0. The van der Waals surface area contributed by atoms with Crippen LogP contribution in [-0.2, 0) is 10.2 Å². The molecule has 6 heteroatoms. The molecule has 0 bridgehead atoms. The van der Waals surface area contributed by atoms with Crippen LogP contribution in [-0.4, -0.2) is 59.4 Å². The van der Waals surface area contributed by atoms with E-state index in [0.29, 0.717) is 25.8 Å². The standard InChI is InChI=1S/C28H34N2O4/c1-3-15-30-16-14-27(22-7-5-8-24(31)18-22)19-23(12-13-28(27,33)20-30)29-26(32)11-10-21-6-4-9-25(17-21)34-2/h3-11,17-18,23,31,33H,1,12-16,19-20H2,2H3,(H,29,32)/t23-,27+,28+/m1/s1. The molecule has 4 rings (SSSR count). The molecular weight excluding hydrogens is 428 g/mol. The summed E-state index contributed by atoms with van der Waals surface area (Å²) in [5.41, 5.74) is 0.327. The molecule has 3 atom stereocenters. The number of phenolic OH excluding ortho intramolecular Hbond substituents is 1. The Kier molecular flexibility index (Phi) is 7.10. The highest BCUT2D eigenvalue weighted by atomic mass is 16.5. The van der Waals surface area contributed by atoms with E-state index in [1.54, 1.807) is 31.4 Å². The maximum Gasteiger partial charge on any atom is 0.244 e. The molecule has 1 amide bonds. The molecule has 6 nitrogen and oxygen atoms in total. The average Bonchev–Trinajstić information content (AvgIpc) is 2.83. The normalized spacial score (nSPS) is 27.2. The fraction of sp³-hybridized carbons (Fsp3) is 0.393. The molecule has 2 aromatic rings. The summed E-state index contributed by atoms with van der Waals surface area (Å²) in [6.07, 6.45) is 7.81. The number of ether oxygens (including phenoxy) is 1. The molecule has 0 unspecified atom stereocenters. The Hall–Kier alpha value is -3.09. The summed E-state index contributed by atoms with van der Waals surface area (Å²) in [6, 6.07) is 14.7. The van der Waals surface area contributed by atoms with Crippen LogP contribution in [0.2, 0.25) is 0 Å². The molecule has 2 fully saturated rings. The third-order valence-electron chi connectivity index (χ3n) is 7.39. The predicted octanol–water partition coefficient (Wildman–Crippen LogP) is 3.64. The Bertz CT molecular complexity index is 1070. The van der Waals surface area contributed by atoms with E-state index in [1.165, 1.54) is 0 Å². The number of methoxy groups -OCH3 is 1. The van der Waals surface area contributed by atoms with Crippen molar-refractivity contribution in [3.05, 3.63) is 78.4 Å². The number of fused-ring (bicyclic) bond motifs is 1. The van der Waals surface area contributed by atoms with Gasteiger partial charge in [0, 0.05) is 30.6 Å². The minimum atomic E-state index is -0.945. The van der Waals surface area contributed by atoms with Gasteiger partial charge in [-0.1, -0.05) is 30.3 Å². The van der Waals surface area contributed by atoms with Gasteiger partial charge in [0.15, 0.2) is 0 Å². The lowest BCUT2D eigenvalue weighted by molar-refractivity contribution is -0.130. The fourth-order valence-electron chi connectivity index (χ4n) is 5.69. The summed E-state index contributed by atoms with van der Waals surface area (Å²) in [5, 5.41) is 25.3. The number of hydrogen-bond acceptors (Lipinski definition) is 5. The number of carbonyl (C=O) groups excluding carboxylic acids is 1. The summed E-state index contributed by atoms with van der Waals surface area (Å²) < 4.78 is 5.24. The van der Waals surface area contributed by atoms with Gasteiger partial charge in [-0.15, -0.1) is 6.58 Å². The third-order valence-corrected chi connectivity index (χ3v) is 7.39. The number of aromatic hydroxyl groups is 1. The van der Waals surface area contributed by atoms with Gasteiger partial charge in [-0.05, 0) is 73.7 Å². The van der Waals surface area contributed by atoms with Gasteiger partial charge in [0.1, 0.15) is 11.5 Å². The molecule has 0 aromatic heterocycles. The van der Waals surface area contributed by atoms with E-state index in [9.17, 15) is 15.0 Å². The number of aliphatic hydroxyl groups is 1. The van der Waals surface area contributed by atoms with Crippen molar-refractivity contribution in [2.45, 2.75) is 42.7 Å². The summed E-state index contributed by atoms with van der Waals surface area (Å²) in [4.78, 5) is 15.0. The molecule has 180 valence electrons. The van der Waals surface area contributed by atoms with Crippen LogP contribution in [0.3, 0.4) is 0 Å². The van der Waals surface area contributed by atoms with Crippen LogP contribution in [0.25, 0.3) is 6.08 Å². The van der Waals surface area contributed by atoms with Crippen LogP contribution in [0.1, 0.15) is 36.8 Å². The summed E-state index contributed by atoms with van der Waals surface area (Å²) in [6.45, 7) is 5.94. The van der Waals surface area contributed by atoms with E-state index in [1.807, 2.05) is 42.5 Å². The number of hydrogen-bond donors (Lipinski definition) is 3. The highest BCUT2D eigenvalue weighted by Gasteiger charge is 2.57. The zero-order chi connectivity index (χ0) is 24.2. The van der Waals surface area contributed by atoms with Crippen LogP contribution in [0.4, 0.5) is 0 Å². The van der Waals surface area contributed by atoms with Crippen molar-refractivity contribution in [3.63, 3.8) is 0 Å². The van der Waals surface area contributed by atoms with Crippen molar-refractivity contribution in [1.29, 1.82) is 0 Å². The van der Waals surface area contributed by atoms with Crippen LogP contribution in [0.15, 0.2) is 67.3 Å². The maximum atomic E-state index is 12.8. The quantitative estimate of drug-likeness (QED) is 0.432. The van der Waals surface area contributed by atoms with Crippen molar-refractivity contribution in [2.24, 2.45) is 0 Å². The molecule has 2 aliphatic rings. The van der Waals surface area contributed by atoms with Crippen LogP contribution < -0.4 is 10.1 Å². The third kappa shape index (κ3) is 4.88. The van der Waals surface area contributed by atoms with Crippen LogP contribution in [0.5, 0.6) is 11.5 Å². The van der Waals surface area contributed by atoms with E-state index in [-0.39, 0.29) is 17.7 Å². The Morgan fingerprint density at radius 2 is 2.09 bits per heavy atom. The SMILES string of the molecule is C=CCN1CC[C@@]2(c3cccc(O)c3)C[C@H](NC(=O)C=Cc3cccc(OC)c3)CC[C@]2(O)C1. The van der Waals surface area contributed by atoms with Gasteiger partial charge in [0.25, 0.3) is 0 Å². The first-order valence-electron chi connectivity index (χ1n) is 11.9. The highest BCUT2D eigenvalue weighted by Crippen LogP contribution is 2.52. The number of nitrogens with zero attached hydrogens (tertiary/aromatic N) is 1. The van der Waals surface area contributed by atoms with E-state index in [0.717, 1.165) is 36.4 Å². The predicted molar refractivity (Wildman–Crippen MR) is 134 cm³/mol. The van der Waals surface area contributed by atoms with Crippen molar-refractivity contribution >= 4 is 12.0 Å². The lowest BCUT2D eigenvalue weighted by Gasteiger charge is -2.58. The van der Waals surface area contributed by atoms with Gasteiger partial charge in [-0.2, -0.15) is 0 Å². The Morgan fingerprint density at radius 1 is 1.26 bits per heavy atom. The van der Waals surface area contributed by atoms with E-state index in [4.69, 9.17) is 4.74 Å². The molecule has 1 aliphatic carbocycles. The van der Waals surface area contributed by atoms with E-state index in [2.05, 4.69) is 16.8 Å². The summed E-state index contributed by atoms with van der Waals surface area (Å²) in [5.74, 6) is 0.772. The number of β-amino-alcohol motifs (C(OH)–C–C–N with tert-alkyl or cyclic N) is 1. The molecule has 1 aliphatic heterocycles. The zero-order valence-corrected chi connectivity index (χ0v) is 19.7. The first-order chi connectivity index (χ1) is 16.4. The second-order valence-electron chi connectivity index (χ2n) is 9.50. The van der Waals surface area contributed by atoms with Crippen molar-refractivity contribution < 1.29 is 19.7 Å². The van der Waals surface area contributed by atoms with Gasteiger partial charge in [-0.25, -0.2) is 0 Å². The second-order valence-corrected chi connectivity index (χ2v) is 9.50. The number of carbonyl (C=O) groups is 1. The second kappa shape index (κ2) is 10.0. The molecule has 0 spiro atoms. The first-order valence-corrected chi connectivity index (χ1v) is 11.9. The molecule has 3 N–H and O–H groups in total. The van der Waals surface area contributed by atoms with Crippen LogP contribution in [0, 0.1) is 0 Å². The van der Waals surface area contributed by atoms with Gasteiger partial charge in [0.2, 0.25) is 5.91 Å². The van der Waals surface area contributed by atoms with Gasteiger partial charge in [-0.3, -0.25) is 9.69 Å². The van der Waals surface area contributed by atoms with Gasteiger partial charge >= 0.3 is 0 Å². The number of amides is 1. The van der Waals surface area contributed by atoms with Crippen molar-refractivity contribution in [1.82, 2.24) is 10.2 Å². The van der Waals surface area contributed by atoms with Crippen molar-refractivity contribution in [2.75, 3.05) is 26.7 Å². The topological polar surface area (TPSA) is 82.0 Å². The summed E-state index contributed by atoms with van der Waals surface area (Å²) in [7, 11) is 1.62. The molecule has 1 heterocycles. The average molecular weight is 463 g/mol. The Morgan fingerprint density at radius 3 is 2.85 bits per heavy atom. The van der Waals surface area contributed by atoms with Crippen molar-refractivity contribution in [3.8, 4) is 11.5 Å². The number of nitrogens with one attached hydrogen (secondary N) is 1. The number of benzene rings is 2. The Balaban J connectivity index is 1.54. The van der Waals surface area contributed by atoms with E-state index < -0.39 is 11.0 Å². The lowest BCUT2D eigenvalue weighted by Crippen LogP contribution is -2.67. The minimum Gasteiger partial charge on any atom is -0.508 e. The lowest BCUT2D eigenvalue weighted by atomic mass is 9.55. The molecule has 0 radical (unpaired) electrons. The molecular formula is C28H34N2O4. The monoisotopic (exact) mass is 462 g/mol. The van der Waals surface area contributed by atoms with E-state index >= 15 is 0 Å². The van der Waals surface area contributed by atoms with Crippen LogP contribution >= 0.6 is 0 Å². The van der Waals surface area contributed by atoms with Gasteiger partial charge in [0.05, 0.1) is 12.7 Å². The maximum absolute atomic E-state index is 12.8. The smallest absolute Gasteiger partial charge is 0.244 e. The summed E-state index contributed by atoms with van der Waals surface area (Å²) >= 11 is 0. The molecule has 1 saturated carbocycles.